The van der Waals surface area contributed by atoms with E-state index in [1.54, 1.807) is 11.3 Å². The van der Waals surface area contributed by atoms with E-state index in [9.17, 15) is 4.79 Å². The third-order valence-electron chi connectivity index (χ3n) is 4.69. The molecule has 4 aromatic rings. The Hall–Kier alpha value is -2.90. The van der Waals surface area contributed by atoms with Gasteiger partial charge in [-0.3, -0.25) is 4.79 Å². The van der Waals surface area contributed by atoms with Crippen molar-refractivity contribution >= 4 is 49.2 Å². The van der Waals surface area contributed by atoms with Crippen LogP contribution in [0.1, 0.15) is 10.5 Å². The summed E-state index contributed by atoms with van der Waals surface area (Å²) in [4.78, 5) is 22.7. The molecule has 1 amide bonds. The number of thiazole rings is 1. The lowest BCUT2D eigenvalue weighted by atomic mass is 10.2. The first-order chi connectivity index (χ1) is 13.3. The molecule has 1 aliphatic rings. The maximum atomic E-state index is 12.6. The van der Waals surface area contributed by atoms with Crippen LogP contribution < -0.4 is 10.2 Å². The van der Waals surface area contributed by atoms with E-state index < -0.39 is 0 Å². The second-order valence-electron chi connectivity index (χ2n) is 6.50. The molecule has 7 heteroatoms. The van der Waals surface area contributed by atoms with Gasteiger partial charge in [0.15, 0.2) is 5.13 Å². The Morgan fingerprint density at radius 2 is 2.00 bits per heavy atom. The summed E-state index contributed by atoms with van der Waals surface area (Å²) in [6.07, 6.45) is 0. The first-order valence-corrected chi connectivity index (χ1v) is 9.70. The molecule has 3 heterocycles. The summed E-state index contributed by atoms with van der Waals surface area (Å²) in [5.74, 6) is -0.150. The zero-order valence-electron chi connectivity index (χ0n) is 14.6. The number of rotatable bonds is 3. The van der Waals surface area contributed by atoms with Gasteiger partial charge in [-0.1, -0.05) is 29.5 Å². The maximum Gasteiger partial charge on any atom is 0.272 e. The highest BCUT2D eigenvalue weighted by Crippen LogP contribution is 2.31. The number of para-hydroxylation sites is 1. The number of aromatic nitrogens is 2. The number of amides is 1. The first-order valence-electron chi connectivity index (χ1n) is 8.89. The van der Waals surface area contributed by atoms with E-state index in [4.69, 9.17) is 9.72 Å². The van der Waals surface area contributed by atoms with Crippen molar-refractivity contribution in [2.75, 3.05) is 36.5 Å². The second-order valence-corrected chi connectivity index (χ2v) is 7.51. The molecule has 5 rings (SSSR count). The van der Waals surface area contributed by atoms with Crippen molar-refractivity contribution in [3.8, 4) is 0 Å². The Balaban J connectivity index is 1.38. The average molecular weight is 378 g/mol. The minimum atomic E-state index is -0.150. The fourth-order valence-corrected chi connectivity index (χ4v) is 4.33. The quantitative estimate of drug-likeness (QED) is 0.568. The Kier molecular flexibility index (Phi) is 4.03. The third kappa shape index (κ3) is 3.15. The zero-order valence-corrected chi connectivity index (χ0v) is 15.4. The van der Waals surface area contributed by atoms with Crippen molar-refractivity contribution in [1.82, 2.24) is 9.97 Å². The van der Waals surface area contributed by atoms with Gasteiger partial charge >= 0.3 is 0 Å². The summed E-state index contributed by atoms with van der Waals surface area (Å²) in [5, 5.41) is 5.01. The smallest absolute Gasteiger partial charge is 0.272 e. The molecule has 0 radical (unpaired) electrons. The standard InChI is InChI=1S/C20H18N4O2S/c25-19(17-11-13-3-1-2-4-15(13)22-17)21-14-5-6-16-18(12-14)27-20(23-16)24-7-9-26-10-8-24/h1-6,11-12,22H,7-10H2,(H,21,25). The summed E-state index contributed by atoms with van der Waals surface area (Å²) in [7, 11) is 0. The van der Waals surface area contributed by atoms with Crippen LogP contribution >= 0.6 is 11.3 Å². The highest BCUT2D eigenvalue weighted by atomic mass is 32.1. The summed E-state index contributed by atoms with van der Waals surface area (Å²) in [6.45, 7) is 3.21. The van der Waals surface area contributed by atoms with Crippen molar-refractivity contribution in [3.05, 3.63) is 54.2 Å². The van der Waals surface area contributed by atoms with Crippen molar-refractivity contribution in [2.45, 2.75) is 0 Å². The monoisotopic (exact) mass is 378 g/mol. The molecule has 2 aromatic heterocycles. The lowest BCUT2D eigenvalue weighted by molar-refractivity contribution is 0.102. The molecule has 136 valence electrons. The number of aromatic amines is 1. The predicted molar refractivity (Wildman–Crippen MR) is 109 cm³/mol. The third-order valence-corrected chi connectivity index (χ3v) is 5.77. The van der Waals surface area contributed by atoms with Crippen molar-refractivity contribution in [2.24, 2.45) is 0 Å². The van der Waals surface area contributed by atoms with Crippen LogP contribution in [0.15, 0.2) is 48.5 Å². The number of nitrogens with zero attached hydrogens (tertiary/aromatic N) is 2. The number of carbonyl (C=O) groups is 1. The van der Waals surface area contributed by atoms with Crippen molar-refractivity contribution in [3.63, 3.8) is 0 Å². The van der Waals surface area contributed by atoms with Gasteiger partial charge in [-0.05, 0) is 30.3 Å². The van der Waals surface area contributed by atoms with E-state index in [1.807, 2.05) is 48.5 Å². The van der Waals surface area contributed by atoms with Crippen LogP contribution in [0.4, 0.5) is 10.8 Å². The number of fused-ring (bicyclic) bond motifs is 2. The molecule has 0 unspecified atom stereocenters. The molecule has 0 aliphatic carbocycles. The van der Waals surface area contributed by atoms with Gasteiger partial charge in [-0.25, -0.2) is 4.98 Å². The van der Waals surface area contributed by atoms with Crippen molar-refractivity contribution in [1.29, 1.82) is 0 Å². The van der Waals surface area contributed by atoms with Crippen LogP contribution in [-0.2, 0) is 4.74 Å². The molecule has 6 nitrogen and oxygen atoms in total. The summed E-state index contributed by atoms with van der Waals surface area (Å²) >= 11 is 1.64. The number of benzene rings is 2. The minimum absolute atomic E-state index is 0.150. The Labute approximate surface area is 159 Å². The number of morpholine rings is 1. The van der Waals surface area contributed by atoms with Crippen LogP contribution in [0, 0.1) is 0 Å². The molecule has 0 atom stereocenters. The number of anilines is 2. The minimum Gasteiger partial charge on any atom is -0.378 e. The van der Waals surface area contributed by atoms with Gasteiger partial charge in [0.1, 0.15) is 5.69 Å². The molecule has 1 saturated heterocycles. The Morgan fingerprint density at radius 3 is 2.85 bits per heavy atom. The number of ether oxygens (including phenoxy) is 1. The SMILES string of the molecule is O=C(Nc1ccc2nc(N3CCOCC3)sc2c1)c1cc2ccccc2[nH]1. The van der Waals surface area contributed by atoms with Gasteiger partial charge in [0.25, 0.3) is 5.91 Å². The van der Waals surface area contributed by atoms with Gasteiger partial charge in [0.2, 0.25) is 0 Å². The molecule has 0 saturated carbocycles. The first kappa shape index (κ1) is 16.3. The second kappa shape index (κ2) is 6.68. The predicted octanol–water partition coefficient (Wildman–Crippen LogP) is 3.87. The van der Waals surface area contributed by atoms with Gasteiger partial charge in [0, 0.05) is 29.7 Å². The van der Waals surface area contributed by atoms with Gasteiger partial charge < -0.3 is 19.9 Å². The fraction of sp³-hybridized carbons (Fsp3) is 0.200. The molecule has 1 fully saturated rings. The van der Waals surface area contributed by atoms with Gasteiger partial charge in [0.05, 0.1) is 23.4 Å². The molecular formula is C20H18N4O2S. The van der Waals surface area contributed by atoms with Crippen LogP contribution in [0.2, 0.25) is 0 Å². The summed E-state index contributed by atoms with van der Waals surface area (Å²) in [5.41, 5.74) is 3.22. The number of hydrogen-bond donors (Lipinski definition) is 2. The van der Waals surface area contributed by atoms with Crippen LogP contribution in [0.5, 0.6) is 0 Å². The number of carbonyl (C=O) groups excluding carboxylic acids is 1. The van der Waals surface area contributed by atoms with E-state index in [1.165, 1.54) is 0 Å². The van der Waals surface area contributed by atoms with Gasteiger partial charge in [-0.15, -0.1) is 0 Å². The fourth-order valence-electron chi connectivity index (χ4n) is 3.27. The number of H-pyrrole nitrogens is 1. The molecule has 2 aromatic carbocycles. The lowest BCUT2D eigenvalue weighted by Crippen LogP contribution is -2.36. The van der Waals surface area contributed by atoms with E-state index in [-0.39, 0.29) is 5.91 Å². The molecule has 0 bridgehead atoms. The normalized spacial score (nSPS) is 14.7. The highest BCUT2D eigenvalue weighted by molar-refractivity contribution is 7.22. The summed E-state index contributed by atoms with van der Waals surface area (Å²) < 4.78 is 6.47. The topological polar surface area (TPSA) is 70.2 Å². The van der Waals surface area contributed by atoms with Crippen LogP contribution in [0.3, 0.4) is 0 Å². The number of hydrogen-bond acceptors (Lipinski definition) is 5. The van der Waals surface area contributed by atoms with Crippen LogP contribution in [0.25, 0.3) is 21.1 Å². The molecule has 1 aliphatic heterocycles. The van der Waals surface area contributed by atoms with Crippen LogP contribution in [-0.4, -0.2) is 42.2 Å². The van der Waals surface area contributed by atoms with Gasteiger partial charge in [-0.2, -0.15) is 0 Å². The zero-order chi connectivity index (χ0) is 18.2. The average Bonchev–Trinajstić information content (AvgIpc) is 3.32. The van der Waals surface area contributed by atoms with E-state index in [2.05, 4.69) is 15.2 Å². The Morgan fingerprint density at radius 1 is 1.15 bits per heavy atom. The highest BCUT2D eigenvalue weighted by Gasteiger charge is 2.16. The Bertz CT molecular complexity index is 1090. The molecule has 2 N–H and O–H groups in total. The lowest BCUT2D eigenvalue weighted by Gasteiger charge is -2.25. The summed E-state index contributed by atoms with van der Waals surface area (Å²) in [6, 6.07) is 15.6. The van der Waals surface area contributed by atoms with Crippen molar-refractivity contribution < 1.29 is 9.53 Å². The van der Waals surface area contributed by atoms with E-state index in [0.29, 0.717) is 5.69 Å². The largest absolute Gasteiger partial charge is 0.378 e. The maximum absolute atomic E-state index is 12.6. The number of nitrogens with one attached hydrogen (secondary N) is 2. The molecular weight excluding hydrogens is 360 g/mol. The van der Waals surface area contributed by atoms with E-state index >= 15 is 0 Å². The molecule has 0 spiro atoms. The van der Waals surface area contributed by atoms with E-state index in [0.717, 1.165) is 58.2 Å². The molecule has 27 heavy (non-hydrogen) atoms.